The van der Waals surface area contributed by atoms with E-state index in [0.717, 1.165) is 33.2 Å². The predicted molar refractivity (Wildman–Crippen MR) is 152 cm³/mol. The molecule has 0 fully saturated rings. The molecule has 0 saturated carbocycles. The fraction of sp³-hybridized carbons (Fsp3) is 0.182. The first-order valence-electron chi connectivity index (χ1n) is 12.9. The largest absolute Gasteiger partial charge is 0.493 e. The molecule has 5 nitrogen and oxygen atoms in total. The van der Waals surface area contributed by atoms with Crippen molar-refractivity contribution < 1.29 is 18.7 Å². The lowest BCUT2D eigenvalue weighted by molar-refractivity contribution is -0.121. The van der Waals surface area contributed by atoms with Gasteiger partial charge in [0.2, 0.25) is 5.91 Å². The maximum atomic E-state index is 13.5. The number of fused-ring (bicyclic) bond motifs is 1. The van der Waals surface area contributed by atoms with Gasteiger partial charge < -0.3 is 19.4 Å². The normalized spacial score (nSPS) is 11.8. The summed E-state index contributed by atoms with van der Waals surface area (Å²) < 4.78 is 26.7. The third-order valence-corrected chi connectivity index (χ3v) is 6.99. The summed E-state index contributed by atoms with van der Waals surface area (Å²) in [7, 11) is 3.22. The van der Waals surface area contributed by atoms with Crippen molar-refractivity contribution in [1.82, 2.24) is 9.88 Å². The first-order chi connectivity index (χ1) is 19.1. The van der Waals surface area contributed by atoms with Crippen molar-refractivity contribution in [3.8, 4) is 11.5 Å². The van der Waals surface area contributed by atoms with Crippen LogP contribution >= 0.6 is 0 Å². The SMILES string of the molecule is COc1ccc([C@@H](CC(=O)NCc2ccccc2)c2cn(Cc3ccc(F)cc3)c3ccccc23)cc1OC. The molecule has 39 heavy (non-hydrogen) atoms. The van der Waals surface area contributed by atoms with Crippen LogP contribution in [-0.4, -0.2) is 24.7 Å². The van der Waals surface area contributed by atoms with Gasteiger partial charge in [0.1, 0.15) is 5.82 Å². The first-order valence-corrected chi connectivity index (χ1v) is 12.9. The van der Waals surface area contributed by atoms with Crippen molar-refractivity contribution >= 4 is 16.8 Å². The summed E-state index contributed by atoms with van der Waals surface area (Å²) in [6, 6.07) is 30.4. The second kappa shape index (κ2) is 11.9. The van der Waals surface area contributed by atoms with Gasteiger partial charge >= 0.3 is 0 Å². The van der Waals surface area contributed by atoms with Gasteiger partial charge in [-0.05, 0) is 52.6 Å². The zero-order valence-electron chi connectivity index (χ0n) is 22.1. The number of hydrogen-bond donors (Lipinski definition) is 1. The zero-order chi connectivity index (χ0) is 27.2. The summed E-state index contributed by atoms with van der Waals surface area (Å²) in [5.41, 5.74) is 5.07. The molecule has 198 valence electrons. The van der Waals surface area contributed by atoms with Crippen LogP contribution in [0.1, 0.15) is 34.6 Å². The molecule has 4 aromatic carbocycles. The molecule has 0 saturated heterocycles. The van der Waals surface area contributed by atoms with E-state index in [0.29, 0.717) is 24.6 Å². The molecule has 6 heteroatoms. The molecule has 1 amide bonds. The number of rotatable bonds is 10. The van der Waals surface area contributed by atoms with E-state index in [2.05, 4.69) is 28.2 Å². The number of amides is 1. The number of ether oxygens (including phenoxy) is 2. The van der Waals surface area contributed by atoms with Crippen LogP contribution in [0.5, 0.6) is 11.5 Å². The van der Waals surface area contributed by atoms with Gasteiger partial charge in [0.05, 0.1) is 14.2 Å². The molecule has 0 unspecified atom stereocenters. The maximum Gasteiger partial charge on any atom is 0.221 e. The molecular weight excluding hydrogens is 491 g/mol. The third-order valence-electron chi connectivity index (χ3n) is 6.99. The lowest BCUT2D eigenvalue weighted by atomic mass is 9.87. The number of nitrogens with zero attached hydrogens (tertiary/aromatic N) is 1. The molecule has 0 aliphatic rings. The van der Waals surface area contributed by atoms with E-state index >= 15 is 0 Å². The van der Waals surface area contributed by atoms with Gasteiger partial charge in [0.15, 0.2) is 11.5 Å². The number of benzene rings is 4. The van der Waals surface area contributed by atoms with E-state index in [9.17, 15) is 9.18 Å². The van der Waals surface area contributed by atoms with Crippen molar-refractivity contribution in [2.75, 3.05) is 14.2 Å². The van der Waals surface area contributed by atoms with Gasteiger partial charge in [-0.2, -0.15) is 0 Å². The lowest BCUT2D eigenvalue weighted by Crippen LogP contribution is -2.25. The Morgan fingerprint density at radius 1 is 0.846 bits per heavy atom. The van der Waals surface area contributed by atoms with Crippen LogP contribution in [0.2, 0.25) is 0 Å². The van der Waals surface area contributed by atoms with Crippen molar-refractivity contribution in [3.63, 3.8) is 0 Å². The van der Waals surface area contributed by atoms with Crippen molar-refractivity contribution in [2.24, 2.45) is 0 Å². The first kappa shape index (κ1) is 26.0. The molecule has 1 atom stereocenters. The molecule has 1 heterocycles. The topological polar surface area (TPSA) is 52.5 Å². The van der Waals surface area contributed by atoms with Crippen LogP contribution in [0.4, 0.5) is 4.39 Å². The minimum absolute atomic E-state index is 0.0472. The van der Waals surface area contributed by atoms with E-state index in [1.54, 1.807) is 26.4 Å². The van der Waals surface area contributed by atoms with Gasteiger partial charge in [-0.3, -0.25) is 4.79 Å². The van der Waals surface area contributed by atoms with Gasteiger partial charge in [-0.25, -0.2) is 4.39 Å². The highest BCUT2D eigenvalue weighted by Gasteiger charge is 2.24. The van der Waals surface area contributed by atoms with Crippen LogP contribution in [0.3, 0.4) is 0 Å². The molecule has 5 rings (SSSR count). The van der Waals surface area contributed by atoms with Gasteiger partial charge in [0.25, 0.3) is 0 Å². The Kier molecular flexibility index (Phi) is 7.92. The van der Waals surface area contributed by atoms with Gasteiger partial charge in [0, 0.05) is 42.5 Å². The lowest BCUT2D eigenvalue weighted by Gasteiger charge is -2.19. The molecule has 0 radical (unpaired) electrons. The minimum atomic E-state index is -0.258. The number of para-hydroxylation sites is 1. The summed E-state index contributed by atoms with van der Waals surface area (Å²) >= 11 is 0. The monoisotopic (exact) mass is 522 g/mol. The number of carbonyl (C=O) groups excluding carboxylic acids is 1. The number of halogens is 1. The molecule has 0 aliphatic heterocycles. The van der Waals surface area contributed by atoms with Crippen LogP contribution in [0.15, 0.2) is 103 Å². The van der Waals surface area contributed by atoms with Gasteiger partial charge in [-0.1, -0.05) is 66.7 Å². The molecular formula is C33H31FN2O3. The summed E-state index contributed by atoms with van der Waals surface area (Å²) in [6.07, 6.45) is 2.37. The summed E-state index contributed by atoms with van der Waals surface area (Å²) in [6.45, 7) is 1.05. The minimum Gasteiger partial charge on any atom is -0.493 e. The van der Waals surface area contributed by atoms with E-state index in [-0.39, 0.29) is 24.1 Å². The van der Waals surface area contributed by atoms with Crippen molar-refractivity contribution in [3.05, 3.63) is 131 Å². The number of aromatic nitrogens is 1. The van der Waals surface area contributed by atoms with E-state index < -0.39 is 0 Å². The summed E-state index contributed by atoms with van der Waals surface area (Å²) in [5, 5.41) is 4.15. The molecule has 1 N–H and O–H groups in total. The Morgan fingerprint density at radius 2 is 1.56 bits per heavy atom. The molecule has 0 aliphatic carbocycles. The van der Waals surface area contributed by atoms with Crippen LogP contribution < -0.4 is 14.8 Å². The van der Waals surface area contributed by atoms with E-state index in [1.165, 1.54) is 12.1 Å². The smallest absolute Gasteiger partial charge is 0.221 e. The van der Waals surface area contributed by atoms with Crippen LogP contribution in [0, 0.1) is 5.82 Å². The highest BCUT2D eigenvalue weighted by molar-refractivity contribution is 5.87. The fourth-order valence-corrected chi connectivity index (χ4v) is 5.00. The second-order valence-corrected chi connectivity index (χ2v) is 9.49. The summed E-state index contributed by atoms with van der Waals surface area (Å²) in [5.74, 6) is 0.702. The molecule has 0 bridgehead atoms. The highest BCUT2D eigenvalue weighted by Crippen LogP contribution is 2.38. The number of methoxy groups -OCH3 is 2. The standard InChI is InChI=1S/C33H31FN2O3/c1-38-31-17-14-25(18-32(31)39-2)28(19-33(37)35-20-23-8-4-3-5-9-23)29-22-36(30-11-7-6-10-27(29)30)21-24-12-15-26(34)16-13-24/h3-18,22,28H,19-21H2,1-2H3,(H,35,37)/t28-/m1/s1. The average molecular weight is 523 g/mol. The van der Waals surface area contributed by atoms with Crippen LogP contribution in [-0.2, 0) is 17.9 Å². The Labute approximate surface area is 227 Å². The van der Waals surface area contributed by atoms with E-state index in [4.69, 9.17) is 9.47 Å². The Bertz CT molecular complexity index is 1560. The zero-order valence-corrected chi connectivity index (χ0v) is 22.1. The Balaban J connectivity index is 1.53. The second-order valence-electron chi connectivity index (χ2n) is 9.49. The van der Waals surface area contributed by atoms with Crippen LogP contribution in [0.25, 0.3) is 10.9 Å². The molecule has 0 spiro atoms. The van der Waals surface area contributed by atoms with Gasteiger partial charge in [-0.15, -0.1) is 0 Å². The Morgan fingerprint density at radius 3 is 2.31 bits per heavy atom. The number of hydrogen-bond acceptors (Lipinski definition) is 3. The quantitative estimate of drug-likeness (QED) is 0.223. The van der Waals surface area contributed by atoms with Crippen molar-refractivity contribution in [2.45, 2.75) is 25.4 Å². The molecule has 5 aromatic rings. The average Bonchev–Trinajstić information content (AvgIpc) is 3.34. The predicted octanol–water partition coefficient (Wildman–Crippen LogP) is 6.68. The van der Waals surface area contributed by atoms with E-state index in [1.807, 2.05) is 60.7 Å². The maximum absolute atomic E-state index is 13.5. The fourth-order valence-electron chi connectivity index (χ4n) is 5.00. The number of nitrogens with one attached hydrogen (secondary N) is 1. The third kappa shape index (κ3) is 5.96. The Hall–Kier alpha value is -4.58. The highest BCUT2D eigenvalue weighted by atomic mass is 19.1. The molecule has 1 aromatic heterocycles. The van der Waals surface area contributed by atoms with Crippen molar-refractivity contribution in [1.29, 1.82) is 0 Å². The summed E-state index contributed by atoms with van der Waals surface area (Å²) in [4.78, 5) is 13.3. The number of carbonyl (C=O) groups is 1.